The number of ether oxygens (including phenoxy) is 1. The summed E-state index contributed by atoms with van der Waals surface area (Å²) in [5, 5.41) is 12.1. The smallest absolute Gasteiger partial charge is 0.266 e. The quantitative estimate of drug-likeness (QED) is 0.604. The number of para-hydroxylation sites is 2. The van der Waals surface area contributed by atoms with Gasteiger partial charge in [0.1, 0.15) is 17.4 Å². The number of carbonyl (C=O) groups excluding carboxylic acids is 1. The molecule has 0 aliphatic carbocycles. The maximum Gasteiger partial charge on any atom is 0.266 e. The van der Waals surface area contributed by atoms with Gasteiger partial charge in [-0.25, -0.2) is 0 Å². The predicted molar refractivity (Wildman–Crippen MR) is 105 cm³/mol. The third kappa shape index (κ3) is 4.64. The summed E-state index contributed by atoms with van der Waals surface area (Å²) < 4.78 is 5.21. The molecule has 0 heterocycles. The summed E-state index contributed by atoms with van der Waals surface area (Å²) in [5.41, 5.74) is 2.47. The molecule has 0 bridgehead atoms. The monoisotopic (exact) mass is 349 g/mol. The number of amides is 1. The molecule has 1 amide bonds. The number of benzene rings is 2. The van der Waals surface area contributed by atoms with Crippen LogP contribution in [0.4, 0.5) is 11.4 Å². The Morgan fingerprint density at radius 2 is 1.81 bits per heavy atom. The number of carbonyl (C=O) groups is 1. The summed E-state index contributed by atoms with van der Waals surface area (Å²) in [5.74, 6) is 0.0755. The van der Waals surface area contributed by atoms with E-state index in [-0.39, 0.29) is 5.57 Å². The van der Waals surface area contributed by atoms with Crippen molar-refractivity contribution in [1.82, 2.24) is 0 Å². The number of hydrogen-bond acceptors (Lipinski definition) is 4. The normalized spacial score (nSPS) is 10.8. The van der Waals surface area contributed by atoms with Crippen LogP contribution in [0.5, 0.6) is 5.75 Å². The van der Waals surface area contributed by atoms with E-state index < -0.39 is 5.91 Å². The lowest BCUT2D eigenvalue weighted by atomic mass is 10.1. The Bertz CT molecular complexity index is 816. The summed E-state index contributed by atoms with van der Waals surface area (Å²) in [6, 6.07) is 16.8. The molecule has 0 unspecified atom stereocenters. The average Bonchev–Trinajstić information content (AvgIpc) is 2.68. The predicted octanol–water partition coefficient (Wildman–Crippen LogP) is 4.09. The molecule has 0 atom stereocenters. The number of nitriles is 1. The van der Waals surface area contributed by atoms with Crippen molar-refractivity contribution in [2.24, 2.45) is 0 Å². The van der Waals surface area contributed by atoms with Gasteiger partial charge in [-0.05, 0) is 49.8 Å². The zero-order chi connectivity index (χ0) is 18.9. The molecule has 0 fully saturated rings. The largest absolute Gasteiger partial charge is 0.495 e. The van der Waals surface area contributed by atoms with E-state index in [1.807, 2.05) is 36.4 Å². The van der Waals surface area contributed by atoms with Crippen LogP contribution in [0.15, 0.2) is 54.1 Å². The van der Waals surface area contributed by atoms with Crippen molar-refractivity contribution >= 4 is 23.4 Å². The fourth-order valence-corrected chi connectivity index (χ4v) is 2.62. The Morgan fingerprint density at radius 3 is 2.38 bits per heavy atom. The number of rotatable bonds is 7. The van der Waals surface area contributed by atoms with Gasteiger partial charge in [0.25, 0.3) is 5.91 Å². The third-order valence-corrected chi connectivity index (χ3v) is 4.05. The summed E-state index contributed by atoms with van der Waals surface area (Å²) in [7, 11) is 1.53. The van der Waals surface area contributed by atoms with Gasteiger partial charge in [-0.15, -0.1) is 0 Å². The van der Waals surface area contributed by atoms with Gasteiger partial charge in [-0.2, -0.15) is 5.26 Å². The summed E-state index contributed by atoms with van der Waals surface area (Å²) in [6.45, 7) is 6.06. The minimum atomic E-state index is -0.468. The number of anilines is 2. The number of nitrogens with one attached hydrogen (secondary N) is 1. The molecule has 0 saturated heterocycles. The molecular formula is C21H23N3O2. The fraction of sp³-hybridized carbons (Fsp3) is 0.238. The van der Waals surface area contributed by atoms with E-state index >= 15 is 0 Å². The molecule has 2 aromatic rings. The lowest BCUT2D eigenvalue weighted by Crippen LogP contribution is -2.21. The van der Waals surface area contributed by atoms with E-state index in [0.717, 1.165) is 24.3 Å². The Hall–Kier alpha value is -3.26. The van der Waals surface area contributed by atoms with Crippen LogP contribution in [-0.4, -0.2) is 26.1 Å². The van der Waals surface area contributed by atoms with Gasteiger partial charge >= 0.3 is 0 Å². The highest BCUT2D eigenvalue weighted by Crippen LogP contribution is 2.24. The van der Waals surface area contributed by atoms with Crippen molar-refractivity contribution < 1.29 is 9.53 Å². The van der Waals surface area contributed by atoms with Crippen molar-refractivity contribution in [3.63, 3.8) is 0 Å². The van der Waals surface area contributed by atoms with E-state index in [1.54, 1.807) is 24.3 Å². The first kappa shape index (κ1) is 19.1. The van der Waals surface area contributed by atoms with E-state index in [9.17, 15) is 10.1 Å². The lowest BCUT2D eigenvalue weighted by Gasteiger charge is -2.20. The minimum Gasteiger partial charge on any atom is -0.495 e. The van der Waals surface area contributed by atoms with Crippen LogP contribution >= 0.6 is 0 Å². The number of hydrogen-bond donors (Lipinski definition) is 1. The van der Waals surface area contributed by atoms with E-state index in [2.05, 4.69) is 24.1 Å². The molecule has 134 valence electrons. The van der Waals surface area contributed by atoms with Crippen LogP contribution in [0.3, 0.4) is 0 Å². The van der Waals surface area contributed by atoms with Gasteiger partial charge in [-0.3, -0.25) is 4.79 Å². The Balaban J connectivity index is 2.19. The third-order valence-electron chi connectivity index (χ3n) is 4.05. The lowest BCUT2D eigenvalue weighted by molar-refractivity contribution is -0.112. The van der Waals surface area contributed by atoms with Gasteiger partial charge < -0.3 is 15.0 Å². The molecule has 0 spiro atoms. The van der Waals surface area contributed by atoms with Crippen LogP contribution in [0, 0.1) is 11.3 Å². The summed E-state index contributed by atoms with van der Waals surface area (Å²) in [4.78, 5) is 14.6. The molecule has 0 aromatic heterocycles. The molecule has 2 rings (SSSR count). The van der Waals surface area contributed by atoms with Gasteiger partial charge in [0.2, 0.25) is 0 Å². The number of nitrogens with zero attached hydrogens (tertiary/aromatic N) is 2. The Morgan fingerprint density at radius 1 is 1.15 bits per heavy atom. The standard InChI is InChI=1S/C21H23N3O2/c1-4-24(5-2)18-12-10-16(11-13-18)14-17(15-22)21(25)23-19-8-6-7-9-20(19)26-3/h6-14H,4-5H2,1-3H3,(H,23,25)/b17-14+. The molecule has 0 aliphatic rings. The number of methoxy groups -OCH3 is 1. The van der Waals surface area contributed by atoms with E-state index in [0.29, 0.717) is 11.4 Å². The van der Waals surface area contributed by atoms with Crippen molar-refractivity contribution in [3.8, 4) is 11.8 Å². The van der Waals surface area contributed by atoms with E-state index in [1.165, 1.54) is 7.11 Å². The summed E-state index contributed by atoms with van der Waals surface area (Å²) in [6.07, 6.45) is 1.58. The van der Waals surface area contributed by atoms with Gasteiger partial charge in [0.05, 0.1) is 12.8 Å². The maximum absolute atomic E-state index is 12.4. The first-order valence-electron chi connectivity index (χ1n) is 8.54. The van der Waals surface area contributed by atoms with Crippen molar-refractivity contribution in [1.29, 1.82) is 5.26 Å². The topological polar surface area (TPSA) is 65.4 Å². The van der Waals surface area contributed by atoms with Crippen LogP contribution in [0.2, 0.25) is 0 Å². The highest BCUT2D eigenvalue weighted by molar-refractivity contribution is 6.10. The molecule has 0 saturated carbocycles. The molecule has 2 aromatic carbocycles. The van der Waals surface area contributed by atoms with Crippen LogP contribution in [0.1, 0.15) is 19.4 Å². The van der Waals surface area contributed by atoms with Crippen molar-refractivity contribution in [3.05, 3.63) is 59.7 Å². The Kier molecular flexibility index (Phi) is 6.81. The SMILES string of the molecule is CCN(CC)c1ccc(/C=C(\C#N)C(=O)Nc2ccccc2OC)cc1. The Labute approximate surface area is 154 Å². The highest BCUT2D eigenvalue weighted by atomic mass is 16.5. The van der Waals surface area contributed by atoms with Gasteiger partial charge in [-0.1, -0.05) is 24.3 Å². The minimum absolute atomic E-state index is 0.0338. The molecule has 0 aliphatic heterocycles. The van der Waals surface area contributed by atoms with Crippen molar-refractivity contribution in [2.45, 2.75) is 13.8 Å². The molecule has 26 heavy (non-hydrogen) atoms. The maximum atomic E-state index is 12.4. The van der Waals surface area contributed by atoms with Crippen molar-refractivity contribution in [2.75, 3.05) is 30.4 Å². The second-order valence-corrected chi connectivity index (χ2v) is 5.59. The second-order valence-electron chi connectivity index (χ2n) is 5.59. The van der Waals surface area contributed by atoms with Crippen LogP contribution in [-0.2, 0) is 4.79 Å². The molecule has 5 nitrogen and oxygen atoms in total. The van der Waals surface area contributed by atoms with Gasteiger partial charge in [0.15, 0.2) is 0 Å². The molecule has 5 heteroatoms. The molecule has 1 N–H and O–H groups in total. The molecule has 0 radical (unpaired) electrons. The molecular weight excluding hydrogens is 326 g/mol. The second kappa shape index (κ2) is 9.28. The fourth-order valence-electron chi connectivity index (χ4n) is 2.62. The van der Waals surface area contributed by atoms with Crippen LogP contribution in [0.25, 0.3) is 6.08 Å². The highest BCUT2D eigenvalue weighted by Gasteiger charge is 2.12. The zero-order valence-electron chi connectivity index (χ0n) is 15.3. The zero-order valence-corrected chi connectivity index (χ0v) is 15.3. The van der Waals surface area contributed by atoms with E-state index in [4.69, 9.17) is 4.74 Å². The van der Waals surface area contributed by atoms with Gasteiger partial charge in [0, 0.05) is 18.8 Å². The summed E-state index contributed by atoms with van der Waals surface area (Å²) >= 11 is 0. The first-order chi connectivity index (χ1) is 12.6. The average molecular weight is 349 g/mol. The first-order valence-corrected chi connectivity index (χ1v) is 8.54. The van der Waals surface area contributed by atoms with Crippen LogP contribution < -0.4 is 15.0 Å².